The normalized spacial score (nSPS) is 12.0. The molecule has 1 aromatic carbocycles. The summed E-state index contributed by atoms with van der Waals surface area (Å²) in [5, 5.41) is 6.74. The van der Waals surface area contributed by atoms with Crippen molar-refractivity contribution in [1.82, 2.24) is 9.78 Å². The number of carbonyl (C=O) groups excluding carboxylic acids is 2. The van der Waals surface area contributed by atoms with Crippen LogP contribution in [0, 0.1) is 0 Å². The fourth-order valence-electron chi connectivity index (χ4n) is 1.76. The number of hydrogen-bond acceptors (Lipinski definition) is 4. The summed E-state index contributed by atoms with van der Waals surface area (Å²) < 4.78 is 1.56. The Morgan fingerprint density at radius 1 is 1.43 bits per heavy atom. The van der Waals surface area contributed by atoms with Crippen LogP contribution in [0.4, 0.5) is 5.69 Å². The lowest BCUT2D eigenvalue weighted by molar-refractivity contribution is -0.117. The Balaban J connectivity index is 2.12. The maximum absolute atomic E-state index is 12.0. The van der Waals surface area contributed by atoms with E-state index in [1.54, 1.807) is 17.9 Å². The van der Waals surface area contributed by atoms with Gasteiger partial charge in [-0.25, -0.2) is 0 Å². The predicted molar refractivity (Wildman–Crippen MR) is 78.7 cm³/mol. The minimum atomic E-state index is -0.853. The molecule has 0 saturated heterocycles. The number of amides is 2. The Labute approximate surface area is 125 Å². The van der Waals surface area contributed by atoms with E-state index in [0.717, 1.165) is 0 Å². The van der Waals surface area contributed by atoms with Gasteiger partial charge in [0.1, 0.15) is 6.04 Å². The summed E-state index contributed by atoms with van der Waals surface area (Å²) in [6.07, 6.45) is 3.18. The third-order valence-electron chi connectivity index (χ3n) is 2.87. The van der Waals surface area contributed by atoms with Crippen molar-refractivity contribution >= 4 is 29.1 Å². The van der Waals surface area contributed by atoms with E-state index in [1.807, 2.05) is 0 Å². The van der Waals surface area contributed by atoms with Gasteiger partial charge in [-0.2, -0.15) is 5.10 Å². The highest BCUT2D eigenvalue weighted by Crippen LogP contribution is 2.21. The number of nitrogens with one attached hydrogen (secondary N) is 1. The Bertz CT molecular complexity index is 698. The van der Waals surface area contributed by atoms with Gasteiger partial charge in [0, 0.05) is 24.5 Å². The number of aryl methyl sites for hydroxylation is 1. The molecule has 21 heavy (non-hydrogen) atoms. The highest BCUT2D eigenvalue weighted by molar-refractivity contribution is 6.34. The lowest BCUT2D eigenvalue weighted by Crippen LogP contribution is -2.27. The van der Waals surface area contributed by atoms with Crippen LogP contribution in [0.25, 0.3) is 0 Å². The van der Waals surface area contributed by atoms with E-state index in [4.69, 9.17) is 23.1 Å². The molecule has 5 N–H and O–H groups in total. The van der Waals surface area contributed by atoms with Crippen molar-refractivity contribution in [3.05, 3.63) is 46.7 Å². The number of hydrogen-bond donors (Lipinski definition) is 3. The number of nitrogens with zero attached hydrogens (tertiary/aromatic N) is 2. The molecule has 1 heterocycles. The molecule has 0 spiro atoms. The molecule has 0 aliphatic heterocycles. The number of anilines is 1. The molecule has 2 aromatic rings. The second-order valence-corrected chi connectivity index (χ2v) is 4.88. The Kier molecular flexibility index (Phi) is 4.25. The van der Waals surface area contributed by atoms with Crippen LogP contribution in [0.5, 0.6) is 0 Å². The minimum Gasteiger partial charge on any atom is -0.366 e. The van der Waals surface area contributed by atoms with E-state index in [1.165, 1.54) is 24.4 Å². The van der Waals surface area contributed by atoms with Crippen molar-refractivity contribution in [2.45, 2.75) is 6.04 Å². The summed E-state index contributed by atoms with van der Waals surface area (Å²) >= 11 is 5.91. The quantitative estimate of drug-likeness (QED) is 0.775. The van der Waals surface area contributed by atoms with E-state index in [9.17, 15) is 9.59 Å². The summed E-state index contributed by atoms with van der Waals surface area (Å²) in [6, 6.07) is 3.55. The topological polar surface area (TPSA) is 116 Å². The zero-order valence-corrected chi connectivity index (χ0v) is 12.0. The van der Waals surface area contributed by atoms with E-state index in [-0.39, 0.29) is 10.6 Å². The predicted octanol–water partition coefficient (Wildman–Crippen LogP) is 0.811. The van der Waals surface area contributed by atoms with E-state index < -0.39 is 17.9 Å². The number of primary amides is 1. The van der Waals surface area contributed by atoms with Crippen LogP contribution in [0.1, 0.15) is 22.0 Å². The molecule has 0 saturated carbocycles. The van der Waals surface area contributed by atoms with Gasteiger partial charge >= 0.3 is 0 Å². The van der Waals surface area contributed by atoms with Gasteiger partial charge in [0.15, 0.2) is 0 Å². The largest absolute Gasteiger partial charge is 0.366 e. The fourth-order valence-corrected chi connectivity index (χ4v) is 2.04. The van der Waals surface area contributed by atoms with Crippen LogP contribution >= 0.6 is 11.6 Å². The summed E-state index contributed by atoms with van der Waals surface area (Å²) in [5.74, 6) is -1.05. The highest BCUT2D eigenvalue weighted by atomic mass is 35.5. The zero-order chi connectivity index (χ0) is 15.6. The molecule has 2 rings (SSSR count). The van der Waals surface area contributed by atoms with Gasteiger partial charge in [0.25, 0.3) is 0 Å². The average Bonchev–Trinajstić information content (AvgIpc) is 2.84. The summed E-state index contributed by atoms with van der Waals surface area (Å²) in [5.41, 5.74) is 12.2. The smallest absolute Gasteiger partial charge is 0.250 e. The number of aromatic nitrogens is 2. The fraction of sp³-hybridized carbons (Fsp3) is 0.154. The third-order valence-corrected chi connectivity index (χ3v) is 3.18. The first-order valence-electron chi connectivity index (χ1n) is 6.03. The molecule has 0 radical (unpaired) electrons. The van der Waals surface area contributed by atoms with Gasteiger partial charge < -0.3 is 16.8 Å². The Morgan fingerprint density at radius 2 is 2.14 bits per heavy atom. The molecule has 2 amide bonds. The monoisotopic (exact) mass is 307 g/mol. The molecule has 0 fully saturated rings. The van der Waals surface area contributed by atoms with Crippen molar-refractivity contribution in [3.8, 4) is 0 Å². The van der Waals surface area contributed by atoms with Gasteiger partial charge in [-0.1, -0.05) is 11.6 Å². The summed E-state index contributed by atoms with van der Waals surface area (Å²) in [7, 11) is 1.73. The second kappa shape index (κ2) is 5.94. The zero-order valence-electron chi connectivity index (χ0n) is 11.2. The van der Waals surface area contributed by atoms with Gasteiger partial charge in [-0.15, -0.1) is 0 Å². The van der Waals surface area contributed by atoms with Gasteiger partial charge in [0.2, 0.25) is 11.8 Å². The van der Waals surface area contributed by atoms with Crippen LogP contribution in [-0.2, 0) is 11.8 Å². The molecular weight excluding hydrogens is 294 g/mol. The average molecular weight is 308 g/mol. The molecule has 110 valence electrons. The first-order chi connectivity index (χ1) is 9.88. The van der Waals surface area contributed by atoms with E-state index in [2.05, 4.69) is 10.4 Å². The van der Waals surface area contributed by atoms with Crippen molar-refractivity contribution in [1.29, 1.82) is 0 Å². The lowest BCUT2D eigenvalue weighted by Gasteiger charge is -2.11. The maximum atomic E-state index is 12.0. The molecular formula is C13H14ClN5O2. The van der Waals surface area contributed by atoms with Gasteiger partial charge in [-0.05, 0) is 18.2 Å². The van der Waals surface area contributed by atoms with Crippen LogP contribution in [0.3, 0.4) is 0 Å². The Morgan fingerprint density at radius 3 is 2.67 bits per heavy atom. The first kappa shape index (κ1) is 15.0. The van der Waals surface area contributed by atoms with Gasteiger partial charge in [-0.3, -0.25) is 14.3 Å². The SMILES string of the molecule is Cn1cc(C(N)C(=O)Nc2ccc(C(N)=O)c(Cl)c2)cn1. The van der Waals surface area contributed by atoms with E-state index in [0.29, 0.717) is 11.3 Å². The van der Waals surface area contributed by atoms with Crippen molar-refractivity contribution < 1.29 is 9.59 Å². The maximum Gasteiger partial charge on any atom is 0.250 e. The molecule has 1 aromatic heterocycles. The molecule has 7 nitrogen and oxygen atoms in total. The number of carbonyl (C=O) groups is 2. The summed E-state index contributed by atoms with van der Waals surface area (Å²) in [4.78, 5) is 23.1. The number of halogens is 1. The standard InChI is InChI=1S/C13H14ClN5O2/c1-19-6-7(5-17-19)11(15)13(21)18-8-2-3-9(12(16)20)10(14)4-8/h2-6,11H,15H2,1H3,(H2,16,20)(H,18,21). The summed E-state index contributed by atoms with van der Waals surface area (Å²) in [6.45, 7) is 0. The molecule has 0 aliphatic carbocycles. The Hall–Kier alpha value is -2.38. The third kappa shape index (κ3) is 3.39. The molecule has 0 aliphatic rings. The van der Waals surface area contributed by atoms with E-state index >= 15 is 0 Å². The first-order valence-corrected chi connectivity index (χ1v) is 6.40. The molecule has 8 heteroatoms. The van der Waals surface area contributed by atoms with Crippen LogP contribution < -0.4 is 16.8 Å². The molecule has 1 unspecified atom stereocenters. The van der Waals surface area contributed by atoms with Crippen molar-refractivity contribution in [2.24, 2.45) is 18.5 Å². The molecule has 0 bridgehead atoms. The van der Waals surface area contributed by atoms with Crippen molar-refractivity contribution in [2.75, 3.05) is 5.32 Å². The lowest BCUT2D eigenvalue weighted by atomic mass is 10.1. The highest BCUT2D eigenvalue weighted by Gasteiger charge is 2.18. The minimum absolute atomic E-state index is 0.162. The van der Waals surface area contributed by atoms with Crippen LogP contribution in [-0.4, -0.2) is 21.6 Å². The van der Waals surface area contributed by atoms with Crippen molar-refractivity contribution in [3.63, 3.8) is 0 Å². The van der Waals surface area contributed by atoms with Gasteiger partial charge in [0.05, 0.1) is 16.8 Å². The second-order valence-electron chi connectivity index (χ2n) is 4.47. The number of nitrogens with two attached hydrogens (primary N) is 2. The van der Waals surface area contributed by atoms with Crippen LogP contribution in [0.15, 0.2) is 30.6 Å². The number of rotatable bonds is 4. The number of benzene rings is 1. The molecule has 1 atom stereocenters. The van der Waals surface area contributed by atoms with Crippen LogP contribution in [0.2, 0.25) is 5.02 Å².